The summed E-state index contributed by atoms with van der Waals surface area (Å²) in [5, 5.41) is 8.09. The fourth-order valence-corrected chi connectivity index (χ4v) is 3.57. The van der Waals surface area contributed by atoms with Crippen molar-refractivity contribution in [2.75, 3.05) is 37.7 Å². The average molecular weight is 351 g/mol. The van der Waals surface area contributed by atoms with Gasteiger partial charge in [0.05, 0.1) is 0 Å². The summed E-state index contributed by atoms with van der Waals surface area (Å²) in [5.41, 5.74) is -0.200. The average Bonchev–Trinajstić information content (AvgIpc) is 3.22. The molecule has 2 aromatic heterocycles. The highest BCUT2D eigenvalue weighted by Crippen LogP contribution is 2.25. The number of nitrogens with zero attached hydrogens (tertiary/aromatic N) is 4. The predicted molar refractivity (Wildman–Crippen MR) is 92.0 cm³/mol. The zero-order chi connectivity index (χ0) is 16.9. The zero-order valence-electron chi connectivity index (χ0n) is 13.7. The van der Waals surface area contributed by atoms with Crippen molar-refractivity contribution < 1.29 is 9.53 Å². The van der Waals surface area contributed by atoms with Gasteiger partial charge in [-0.05, 0) is 26.2 Å². The monoisotopic (exact) mass is 351 g/mol. The Kier molecular flexibility index (Phi) is 5.41. The molecule has 1 aliphatic heterocycles. The van der Waals surface area contributed by atoms with Crippen molar-refractivity contribution in [2.24, 2.45) is 0 Å². The predicted octanol–water partition coefficient (Wildman–Crippen LogP) is 0.908. The Labute approximate surface area is 143 Å². The molecule has 0 spiro atoms. The van der Waals surface area contributed by atoms with Gasteiger partial charge in [0.25, 0.3) is 11.5 Å². The number of aromatic nitrogens is 3. The van der Waals surface area contributed by atoms with E-state index in [1.165, 1.54) is 21.9 Å². The van der Waals surface area contributed by atoms with Crippen LogP contribution in [0.4, 0.5) is 5.13 Å². The van der Waals surface area contributed by atoms with Crippen LogP contribution < -0.4 is 15.8 Å². The van der Waals surface area contributed by atoms with E-state index >= 15 is 0 Å². The molecule has 9 heteroatoms. The number of ether oxygens (including phenoxy) is 1. The van der Waals surface area contributed by atoms with Crippen molar-refractivity contribution in [3.8, 4) is 0 Å². The van der Waals surface area contributed by atoms with Crippen molar-refractivity contribution in [3.63, 3.8) is 0 Å². The molecule has 1 aliphatic rings. The molecule has 0 unspecified atom stereocenters. The maximum atomic E-state index is 12.4. The van der Waals surface area contributed by atoms with Crippen LogP contribution in [-0.4, -0.2) is 53.4 Å². The van der Waals surface area contributed by atoms with E-state index in [2.05, 4.69) is 20.3 Å². The molecule has 3 heterocycles. The quantitative estimate of drug-likeness (QED) is 0.746. The van der Waals surface area contributed by atoms with Crippen LogP contribution in [0.15, 0.2) is 10.9 Å². The number of carbonyl (C=O) groups excluding carboxylic acids is 1. The van der Waals surface area contributed by atoms with Gasteiger partial charge in [0.15, 0.2) is 0 Å². The first-order valence-electron chi connectivity index (χ1n) is 8.21. The second-order valence-electron chi connectivity index (χ2n) is 5.56. The minimum absolute atomic E-state index is 0.225. The number of fused-ring (bicyclic) bond motifs is 1. The maximum absolute atomic E-state index is 12.4. The van der Waals surface area contributed by atoms with Gasteiger partial charge in [-0.25, -0.2) is 0 Å². The van der Waals surface area contributed by atoms with Crippen LogP contribution in [0.1, 0.15) is 36.7 Å². The smallest absolute Gasteiger partial charge is 0.274 e. The molecular weight excluding hydrogens is 330 g/mol. The van der Waals surface area contributed by atoms with E-state index in [0.29, 0.717) is 24.7 Å². The standard InChI is InChI=1S/C15H21N5O3S/c1-2-23-9-5-6-16-13(22)11-10-12(21)17-14-20(11)18-15(24-14)19-7-3-4-8-19/h10H,2-9H2,1H3,(H,16,22). The minimum Gasteiger partial charge on any atom is -0.382 e. The largest absolute Gasteiger partial charge is 0.382 e. The van der Waals surface area contributed by atoms with E-state index in [9.17, 15) is 9.59 Å². The summed E-state index contributed by atoms with van der Waals surface area (Å²) < 4.78 is 6.71. The van der Waals surface area contributed by atoms with Gasteiger partial charge in [-0.15, -0.1) is 5.10 Å². The third kappa shape index (κ3) is 3.73. The van der Waals surface area contributed by atoms with Crippen LogP contribution in [-0.2, 0) is 4.74 Å². The number of anilines is 1. The van der Waals surface area contributed by atoms with Crippen LogP contribution in [0.2, 0.25) is 0 Å². The van der Waals surface area contributed by atoms with Crippen molar-refractivity contribution in [1.82, 2.24) is 19.9 Å². The van der Waals surface area contributed by atoms with Gasteiger partial charge in [0.1, 0.15) is 5.69 Å². The third-order valence-electron chi connectivity index (χ3n) is 3.81. The summed E-state index contributed by atoms with van der Waals surface area (Å²) >= 11 is 1.34. The molecule has 1 fully saturated rings. The van der Waals surface area contributed by atoms with Gasteiger partial charge < -0.3 is 15.0 Å². The minimum atomic E-state index is -0.425. The van der Waals surface area contributed by atoms with E-state index in [1.54, 1.807) is 0 Å². The summed E-state index contributed by atoms with van der Waals surface area (Å²) in [6.07, 6.45) is 2.99. The van der Waals surface area contributed by atoms with Crippen LogP contribution >= 0.6 is 11.3 Å². The Hall–Kier alpha value is -2.00. The second kappa shape index (κ2) is 7.71. The number of hydrogen-bond acceptors (Lipinski definition) is 7. The highest BCUT2D eigenvalue weighted by Gasteiger charge is 2.20. The summed E-state index contributed by atoms with van der Waals surface area (Å²) in [5.74, 6) is -0.320. The Morgan fingerprint density at radius 1 is 1.42 bits per heavy atom. The number of rotatable bonds is 7. The summed E-state index contributed by atoms with van der Waals surface area (Å²) in [6.45, 7) is 5.57. The molecule has 3 rings (SSSR count). The number of amides is 1. The van der Waals surface area contributed by atoms with Gasteiger partial charge in [-0.1, -0.05) is 11.3 Å². The summed E-state index contributed by atoms with van der Waals surface area (Å²) in [6, 6.07) is 1.23. The first-order valence-corrected chi connectivity index (χ1v) is 9.02. The highest BCUT2D eigenvalue weighted by atomic mass is 32.1. The van der Waals surface area contributed by atoms with Crippen LogP contribution in [0.3, 0.4) is 0 Å². The summed E-state index contributed by atoms with van der Waals surface area (Å²) in [4.78, 5) is 30.8. The second-order valence-corrected chi connectivity index (χ2v) is 6.49. The van der Waals surface area contributed by atoms with Gasteiger partial charge in [0, 0.05) is 38.9 Å². The van der Waals surface area contributed by atoms with E-state index in [4.69, 9.17) is 4.74 Å². The zero-order valence-corrected chi connectivity index (χ0v) is 14.5. The molecule has 24 heavy (non-hydrogen) atoms. The molecule has 8 nitrogen and oxygen atoms in total. The van der Waals surface area contributed by atoms with Gasteiger partial charge in [0.2, 0.25) is 10.1 Å². The molecule has 130 valence electrons. The molecule has 2 aromatic rings. The fourth-order valence-electron chi connectivity index (χ4n) is 2.61. The number of nitrogens with one attached hydrogen (secondary N) is 1. The van der Waals surface area contributed by atoms with Crippen molar-refractivity contribution in [2.45, 2.75) is 26.2 Å². The van der Waals surface area contributed by atoms with Crippen LogP contribution in [0.25, 0.3) is 4.96 Å². The molecule has 0 radical (unpaired) electrons. The van der Waals surface area contributed by atoms with Crippen molar-refractivity contribution in [3.05, 3.63) is 22.1 Å². The SMILES string of the molecule is CCOCCCNC(=O)c1cc(=O)nc2sc(N3CCCC3)nn12. The van der Waals surface area contributed by atoms with Crippen molar-refractivity contribution >= 4 is 27.3 Å². The Morgan fingerprint density at radius 2 is 2.21 bits per heavy atom. The number of carbonyl (C=O) groups is 1. The third-order valence-corrected chi connectivity index (χ3v) is 4.78. The van der Waals surface area contributed by atoms with E-state index < -0.39 is 5.56 Å². The fraction of sp³-hybridized carbons (Fsp3) is 0.600. The molecule has 1 saturated heterocycles. The first kappa shape index (κ1) is 16.8. The van der Waals surface area contributed by atoms with Crippen LogP contribution in [0, 0.1) is 0 Å². The van der Waals surface area contributed by atoms with Gasteiger partial charge in [-0.3, -0.25) is 9.59 Å². The summed E-state index contributed by atoms with van der Waals surface area (Å²) in [7, 11) is 0. The molecule has 0 saturated carbocycles. The van der Waals surface area contributed by atoms with Crippen LogP contribution in [0.5, 0.6) is 0 Å². The molecular formula is C15H21N5O3S. The van der Waals surface area contributed by atoms with Gasteiger partial charge >= 0.3 is 0 Å². The lowest BCUT2D eigenvalue weighted by Gasteiger charge is -2.11. The van der Waals surface area contributed by atoms with E-state index in [-0.39, 0.29) is 11.6 Å². The lowest BCUT2D eigenvalue weighted by atomic mass is 10.3. The molecule has 1 N–H and O–H groups in total. The molecule has 0 aliphatic carbocycles. The maximum Gasteiger partial charge on any atom is 0.274 e. The normalized spacial score (nSPS) is 14.5. The molecule has 0 aromatic carbocycles. The Morgan fingerprint density at radius 3 is 2.96 bits per heavy atom. The van der Waals surface area contributed by atoms with E-state index in [0.717, 1.165) is 37.5 Å². The highest BCUT2D eigenvalue weighted by molar-refractivity contribution is 7.20. The van der Waals surface area contributed by atoms with Crippen molar-refractivity contribution in [1.29, 1.82) is 0 Å². The van der Waals surface area contributed by atoms with E-state index in [1.807, 2.05) is 6.92 Å². The first-order chi connectivity index (χ1) is 11.7. The Balaban J connectivity index is 1.78. The molecule has 0 bridgehead atoms. The Bertz CT molecular complexity index is 766. The molecule has 1 amide bonds. The molecule has 0 atom stereocenters. The lowest BCUT2D eigenvalue weighted by Crippen LogP contribution is -2.29. The van der Waals surface area contributed by atoms with Gasteiger partial charge in [-0.2, -0.15) is 9.50 Å². The lowest BCUT2D eigenvalue weighted by molar-refractivity contribution is 0.0936. The number of hydrogen-bond donors (Lipinski definition) is 1. The topological polar surface area (TPSA) is 88.8 Å².